The number of hydrogen-bond donors (Lipinski definition) is 2. The smallest absolute Gasteiger partial charge is 0.136 e. The van der Waals surface area contributed by atoms with Gasteiger partial charge in [0.05, 0.1) is 11.4 Å². The summed E-state index contributed by atoms with van der Waals surface area (Å²) in [5, 5.41) is 0. The molecule has 3 N–H and O–H groups in total. The van der Waals surface area contributed by atoms with Gasteiger partial charge < -0.3 is 10.7 Å². The van der Waals surface area contributed by atoms with Crippen molar-refractivity contribution >= 4 is 0 Å². The molecule has 0 bridgehead atoms. The lowest BCUT2D eigenvalue weighted by atomic mass is 10.1. The Hall–Kier alpha value is -1.68. The minimum Gasteiger partial charge on any atom is -0.360 e. The number of nitrogens with zero attached hydrogens (tertiary/aromatic N) is 2. The first kappa shape index (κ1) is 10.5. The molecule has 3 rings (SSSR count). The van der Waals surface area contributed by atoms with E-state index in [1.54, 1.807) is 0 Å². The van der Waals surface area contributed by atoms with E-state index in [0.717, 1.165) is 35.7 Å². The number of aromatic amines is 1. The van der Waals surface area contributed by atoms with Crippen molar-refractivity contribution in [3.8, 4) is 11.4 Å². The number of nitrogens with one attached hydrogen (secondary N) is 1. The summed E-state index contributed by atoms with van der Waals surface area (Å²) in [7, 11) is 0. The van der Waals surface area contributed by atoms with Gasteiger partial charge in [-0.05, 0) is 38.0 Å². The Kier molecular flexibility index (Phi) is 2.26. The molecule has 0 aliphatic heterocycles. The second-order valence-corrected chi connectivity index (χ2v) is 4.79. The van der Waals surface area contributed by atoms with E-state index >= 15 is 0 Å². The molecule has 1 saturated carbocycles. The standard InChI is InChI=1S/C13H16N4/c1-9-7-11(10-3-2-6-15-10)17-12(16-9)13(8-14)4-5-13/h2-3,6-7,15H,4-5,8,14H2,1H3. The summed E-state index contributed by atoms with van der Waals surface area (Å²) in [5.74, 6) is 0.907. The van der Waals surface area contributed by atoms with E-state index in [9.17, 15) is 0 Å². The van der Waals surface area contributed by atoms with Gasteiger partial charge in [-0.2, -0.15) is 0 Å². The minimum absolute atomic E-state index is 0.0490. The zero-order chi connectivity index (χ0) is 11.9. The first-order chi connectivity index (χ1) is 8.23. The molecule has 4 heteroatoms. The van der Waals surface area contributed by atoms with Gasteiger partial charge in [-0.15, -0.1) is 0 Å². The van der Waals surface area contributed by atoms with Crippen LogP contribution in [0.1, 0.15) is 24.4 Å². The van der Waals surface area contributed by atoms with Gasteiger partial charge in [0.25, 0.3) is 0 Å². The molecular formula is C13H16N4. The Morgan fingerprint density at radius 3 is 2.82 bits per heavy atom. The number of hydrogen-bond acceptors (Lipinski definition) is 3. The van der Waals surface area contributed by atoms with Crippen LogP contribution in [0, 0.1) is 6.92 Å². The van der Waals surface area contributed by atoms with Crippen LogP contribution in [0.25, 0.3) is 11.4 Å². The van der Waals surface area contributed by atoms with Gasteiger partial charge >= 0.3 is 0 Å². The highest BCUT2D eigenvalue weighted by molar-refractivity contribution is 5.54. The fourth-order valence-corrected chi connectivity index (χ4v) is 2.10. The van der Waals surface area contributed by atoms with Crippen molar-refractivity contribution in [3.05, 3.63) is 35.9 Å². The Bertz CT molecular complexity index is 526. The highest BCUT2D eigenvalue weighted by Crippen LogP contribution is 2.45. The predicted molar refractivity (Wildman–Crippen MR) is 66.5 cm³/mol. The molecule has 0 saturated heterocycles. The van der Waals surface area contributed by atoms with E-state index in [2.05, 4.69) is 15.0 Å². The van der Waals surface area contributed by atoms with Crippen LogP contribution in [0.2, 0.25) is 0 Å². The maximum Gasteiger partial charge on any atom is 0.136 e. The number of H-pyrrole nitrogens is 1. The van der Waals surface area contributed by atoms with E-state index in [1.807, 2.05) is 31.3 Å². The molecule has 2 aromatic rings. The van der Waals surface area contributed by atoms with Gasteiger partial charge in [0.1, 0.15) is 5.82 Å². The summed E-state index contributed by atoms with van der Waals surface area (Å²) < 4.78 is 0. The van der Waals surface area contributed by atoms with Crippen molar-refractivity contribution < 1.29 is 0 Å². The molecule has 0 radical (unpaired) electrons. The molecule has 88 valence electrons. The number of aromatic nitrogens is 3. The Morgan fingerprint density at radius 2 is 2.24 bits per heavy atom. The summed E-state index contributed by atoms with van der Waals surface area (Å²) in [6.45, 7) is 2.64. The van der Waals surface area contributed by atoms with Gasteiger partial charge in [0.2, 0.25) is 0 Å². The highest BCUT2D eigenvalue weighted by Gasteiger charge is 2.46. The van der Waals surface area contributed by atoms with E-state index in [-0.39, 0.29) is 5.41 Å². The maximum absolute atomic E-state index is 5.83. The van der Waals surface area contributed by atoms with Crippen LogP contribution in [0.5, 0.6) is 0 Å². The highest BCUT2D eigenvalue weighted by atomic mass is 15.0. The predicted octanol–water partition coefficient (Wildman–Crippen LogP) is 1.77. The van der Waals surface area contributed by atoms with Crippen molar-refractivity contribution in [2.24, 2.45) is 5.73 Å². The summed E-state index contributed by atoms with van der Waals surface area (Å²) in [5.41, 5.74) is 8.87. The van der Waals surface area contributed by atoms with Gasteiger partial charge in [-0.3, -0.25) is 0 Å². The zero-order valence-corrected chi connectivity index (χ0v) is 9.90. The second-order valence-electron chi connectivity index (χ2n) is 4.79. The average Bonchev–Trinajstić information content (AvgIpc) is 2.94. The molecule has 0 unspecified atom stereocenters. The lowest BCUT2D eigenvalue weighted by molar-refractivity contribution is 0.646. The van der Waals surface area contributed by atoms with E-state index in [1.165, 1.54) is 0 Å². The molecule has 4 nitrogen and oxygen atoms in total. The molecule has 2 aromatic heterocycles. The first-order valence-corrected chi connectivity index (χ1v) is 5.93. The third-order valence-corrected chi connectivity index (χ3v) is 3.45. The Labute approximate surface area is 100 Å². The molecule has 0 atom stereocenters. The number of nitrogens with two attached hydrogens (primary N) is 1. The van der Waals surface area contributed by atoms with Crippen LogP contribution in [0.15, 0.2) is 24.4 Å². The average molecular weight is 228 g/mol. The molecule has 2 heterocycles. The van der Waals surface area contributed by atoms with E-state index < -0.39 is 0 Å². The van der Waals surface area contributed by atoms with Crippen LogP contribution in [-0.2, 0) is 5.41 Å². The van der Waals surface area contributed by atoms with E-state index in [0.29, 0.717) is 6.54 Å². The van der Waals surface area contributed by atoms with Crippen LogP contribution in [0.4, 0.5) is 0 Å². The summed E-state index contributed by atoms with van der Waals surface area (Å²) >= 11 is 0. The normalized spacial score (nSPS) is 17.1. The first-order valence-electron chi connectivity index (χ1n) is 5.93. The van der Waals surface area contributed by atoms with Crippen molar-refractivity contribution in [1.82, 2.24) is 15.0 Å². The summed E-state index contributed by atoms with van der Waals surface area (Å²) in [6, 6.07) is 6.00. The van der Waals surface area contributed by atoms with Crippen LogP contribution >= 0.6 is 0 Å². The third kappa shape index (κ3) is 1.74. The molecule has 17 heavy (non-hydrogen) atoms. The van der Waals surface area contributed by atoms with Crippen molar-refractivity contribution in [3.63, 3.8) is 0 Å². The number of rotatable bonds is 3. The fraction of sp³-hybridized carbons (Fsp3) is 0.385. The SMILES string of the molecule is Cc1cc(-c2ccc[nH]2)nc(C2(CN)CC2)n1. The Balaban J connectivity index is 2.07. The molecule has 1 aliphatic rings. The Morgan fingerprint density at radius 1 is 1.41 bits per heavy atom. The van der Waals surface area contributed by atoms with E-state index in [4.69, 9.17) is 5.73 Å². The van der Waals surface area contributed by atoms with Crippen molar-refractivity contribution in [2.45, 2.75) is 25.2 Å². The molecule has 0 aromatic carbocycles. The van der Waals surface area contributed by atoms with Gasteiger partial charge in [0.15, 0.2) is 0 Å². The number of aryl methyl sites for hydroxylation is 1. The molecular weight excluding hydrogens is 212 g/mol. The third-order valence-electron chi connectivity index (χ3n) is 3.45. The molecule has 1 fully saturated rings. The quantitative estimate of drug-likeness (QED) is 0.841. The minimum atomic E-state index is 0.0490. The lowest BCUT2D eigenvalue weighted by Gasteiger charge is -2.12. The maximum atomic E-state index is 5.83. The largest absolute Gasteiger partial charge is 0.360 e. The second kappa shape index (κ2) is 3.67. The molecule has 0 amide bonds. The van der Waals surface area contributed by atoms with Crippen LogP contribution < -0.4 is 5.73 Å². The molecule has 0 spiro atoms. The summed E-state index contributed by atoms with van der Waals surface area (Å²) in [4.78, 5) is 12.4. The van der Waals surface area contributed by atoms with Gasteiger partial charge in [-0.1, -0.05) is 0 Å². The van der Waals surface area contributed by atoms with Crippen molar-refractivity contribution in [2.75, 3.05) is 6.54 Å². The van der Waals surface area contributed by atoms with Gasteiger partial charge in [-0.25, -0.2) is 9.97 Å². The van der Waals surface area contributed by atoms with Crippen molar-refractivity contribution in [1.29, 1.82) is 0 Å². The fourth-order valence-electron chi connectivity index (χ4n) is 2.10. The monoisotopic (exact) mass is 228 g/mol. The van der Waals surface area contributed by atoms with Crippen LogP contribution in [0.3, 0.4) is 0 Å². The van der Waals surface area contributed by atoms with Gasteiger partial charge in [0, 0.05) is 23.9 Å². The van der Waals surface area contributed by atoms with Crippen LogP contribution in [-0.4, -0.2) is 21.5 Å². The zero-order valence-electron chi connectivity index (χ0n) is 9.90. The topological polar surface area (TPSA) is 67.6 Å². The summed E-state index contributed by atoms with van der Waals surface area (Å²) in [6.07, 6.45) is 4.12. The molecule has 1 aliphatic carbocycles. The lowest BCUT2D eigenvalue weighted by Crippen LogP contribution is -2.23.